The number of imide groups is 1. The summed E-state index contributed by atoms with van der Waals surface area (Å²) in [6.45, 7) is 2.29. The molecule has 0 unspecified atom stereocenters. The van der Waals surface area contributed by atoms with Gasteiger partial charge in [0.05, 0.1) is 41.1 Å². The van der Waals surface area contributed by atoms with E-state index in [0.29, 0.717) is 29.7 Å². The van der Waals surface area contributed by atoms with Gasteiger partial charge in [-0.3, -0.25) is 24.6 Å². The van der Waals surface area contributed by atoms with Gasteiger partial charge in [0.25, 0.3) is 17.5 Å². The maximum atomic E-state index is 12.4. The molecule has 35 heavy (non-hydrogen) atoms. The number of carbonyl (C=O) groups excluding carboxylic acids is 3. The van der Waals surface area contributed by atoms with Crippen LogP contribution < -0.4 is 4.74 Å². The second kappa shape index (κ2) is 10.2. The first-order valence-electron chi connectivity index (χ1n) is 11.0. The highest BCUT2D eigenvalue weighted by Crippen LogP contribution is 2.24. The topological polar surface area (TPSA) is 134 Å². The number of nitrogens with zero attached hydrogens (tertiary/aromatic N) is 4. The van der Waals surface area contributed by atoms with Crippen molar-refractivity contribution in [2.45, 2.75) is 19.8 Å². The highest BCUT2D eigenvalue weighted by atomic mass is 16.6. The van der Waals surface area contributed by atoms with Crippen molar-refractivity contribution in [1.82, 2.24) is 14.7 Å². The monoisotopic (exact) mass is 478 g/mol. The standard InChI is InChI=1S/C24H22N4O7/c1-2-34-24(31)21-20(15-27(25-21)16-9-11-17(12-10-16)28(32)33)35-14-6-5-13-26-22(29)18-7-3-4-8-19(18)23(26)30/h3-4,7-12,15H,2,5-6,13-14H2,1H3. The van der Waals surface area contributed by atoms with E-state index in [1.54, 1.807) is 31.2 Å². The molecule has 0 aliphatic carbocycles. The van der Waals surface area contributed by atoms with Crippen LogP contribution in [0.4, 0.5) is 5.69 Å². The Bertz CT molecular complexity index is 1250. The maximum absolute atomic E-state index is 12.4. The van der Waals surface area contributed by atoms with E-state index in [1.807, 2.05) is 0 Å². The smallest absolute Gasteiger partial charge is 0.362 e. The van der Waals surface area contributed by atoms with E-state index in [1.165, 1.54) is 40.0 Å². The molecular weight excluding hydrogens is 456 g/mol. The highest BCUT2D eigenvalue weighted by molar-refractivity contribution is 6.21. The molecule has 0 radical (unpaired) electrons. The number of ether oxygens (including phenoxy) is 2. The molecule has 180 valence electrons. The van der Waals surface area contributed by atoms with E-state index >= 15 is 0 Å². The minimum atomic E-state index is -0.658. The van der Waals surface area contributed by atoms with Crippen LogP contribution in [0.2, 0.25) is 0 Å². The van der Waals surface area contributed by atoms with Crippen molar-refractivity contribution in [3.8, 4) is 11.4 Å². The Kier molecular flexibility index (Phi) is 6.86. The van der Waals surface area contributed by atoms with Crippen molar-refractivity contribution >= 4 is 23.5 Å². The second-order valence-electron chi connectivity index (χ2n) is 7.64. The summed E-state index contributed by atoms with van der Waals surface area (Å²) in [5.74, 6) is -1.07. The fourth-order valence-electron chi connectivity index (χ4n) is 3.66. The zero-order valence-corrected chi connectivity index (χ0v) is 18.9. The van der Waals surface area contributed by atoms with E-state index in [-0.39, 0.29) is 48.7 Å². The van der Waals surface area contributed by atoms with Gasteiger partial charge in [-0.25, -0.2) is 9.48 Å². The van der Waals surface area contributed by atoms with Crippen molar-refractivity contribution in [3.63, 3.8) is 0 Å². The summed E-state index contributed by atoms with van der Waals surface area (Å²) in [5.41, 5.74) is 1.23. The molecule has 0 N–H and O–H groups in total. The Morgan fingerprint density at radius 1 is 1.03 bits per heavy atom. The number of carbonyl (C=O) groups is 3. The predicted molar refractivity (Wildman–Crippen MR) is 123 cm³/mol. The number of amides is 2. The third-order valence-electron chi connectivity index (χ3n) is 5.39. The fourth-order valence-corrected chi connectivity index (χ4v) is 3.66. The van der Waals surface area contributed by atoms with Crippen molar-refractivity contribution in [1.29, 1.82) is 0 Å². The molecule has 1 aromatic heterocycles. The van der Waals surface area contributed by atoms with Gasteiger partial charge < -0.3 is 9.47 Å². The number of hydrogen-bond acceptors (Lipinski definition) is 8. The van der Waals surface area contributed by atoms with Gasteiger partial charge in [0.15, 0.2) is 5.75 Å². The molecule has 0 spiro atoms. The van der Waals surface area contributed by atoms with Crippen LogP contribution in [0.5, 0.6) is 5.75 Å². The van der Waals surface area contributed by atoms with Crippen molar-refractivity contribution in [3.05, 3.63) is 81.7 Å². The molecule has 1 aliphatic rings. The van der Waals surface area contributed by atoms with E-state index in [2.05, 4.69) is 5.10 Å². The Balaban J connectivity index is 1.38. The predicted octanol–water partition coefficient (Wildman–Crippen LogP) is 3.41. The van der Waals surface area contributed by atoms with Gasteiger partial charge in [-0.1, -0.05) is 12.1 Å². The highest BCUT2D eigenvalue weighted by Gasteiger charge is 2.34. The van der Waals surface area contributed by atoms with Crippen molar-refractivity contribution < 1.29 is 28.8 Å². The van der Waals surface area contributed by atoms with E-state index in [4.69, 9.17) is 9.47 Å². The molecule has 0 bridgehead atoms. The number of esters is 1. The van der Waals surface area contributed by atoms with Crippen LogP contribution in [-0.2, 0) is 4.74 Å². The molecule has 1 aliphatic heterocycles. The van der Waals surface area contributed by atoms with Crippen LogP contribution in [0.1, 0.15) is 51.0 Å². The van der Waals surface area contributed by atoms with Crippen LogP contribution >= 0.6 is 0 Å². The van der Waals surface area contributed by atoms with Crippen LogP contribution in [0.15, 0.2) is 54.7 Å². The Hall–Kier alpha value is -4.54. The number of unbranched alkanes of at least 4 members (excludes halogenated alkanes) is 1. The lowest BCUT2D eigenvalue weighted by molar-refractivity contribution is -0.384. The van der Waals surface area contributed by atoms with E-state index in [9.17, 15) is 24.5 Å². The maximum Gasteiger partial charge on any atom is 0.362 e. The van der Waals surface area contributed by atoms with Gasteiger partial charge in [0.2, 0.25) is 5.69 Å². The lowest BCUT2D eigenvalue weighted by Gasteiger charge is -2.13. The molecule has 4 rings (SSSR count). The van der Waals surface area contributed by atoms with Gasteiger partial charge in [-0.05, 0) is 44.0 Å². The number of nitro groups is 1. The van der Waals surface area contributed by atoms with Crippen molar-refractivity contribution in [2.24, 2.45) is 0 Å². The average Bonchev–Trinajstić information content (AvgIpc) is 3.39. The van der Waals surface area contributed by atoms with Gasteiger partial charge in [0.1, 0.15) is 0 Å². The molecule has 0 saturated carbocycles. The lowest BCUT2D eigenvalue weighted by atomic mass is 10.1. The van der Waals surface area contributed by atoms with Gasteiger partial charge in [0, 0.05) is 18.7 Å². The summed E-state index contributed by atoms with van der Waals surface area (Å²) in [7, 11) is 0. The molecule has 0 saturated heterocycles. The molecule has 0 fully saturated rings. The summed E-state index contributed by atoms with van der Waals surface area (Å²) in [6, 6.07) is 12.4. The summed E-state index contributed by atoms with van der Waals surface area (Å²) in [5, 5.41) is 15.1. The number of nitro benzene ring substituents is 1. The number of hydrogen-bond donors (Lipinski definition) is 0. The van der Waals surface area contributed by atoms with Crippen LogP contribution in [0.25, 0.3) is 5.69 Å². The van der Waals surface area contributed by atoms with Gasteiger partial charge in [-0.15, -0.1) is 0 Å². The van der Waals surface area contributed by atoms with Crippen LogP contribution in [-0.4, -0.2) is 57.1 Å². The molecule has 2 amide bonds. The summed E-state index contributed by atoms with van der Waals surface area (Å²) in [6.07, 6.45) is 2.52. The summed E-state index contributed by atoms with van der Waals surface area (Å²) in [4.78, 5) is 48.8. The average molecular weight is 478 g/mol. The second-order valence-corrected chi connectivity index (χ2v) is 7.64. The number of aromatic nitrogens is 2. The zero-order valence-electron chi connectivity index (χ0n) is 18.9. The molecule has 11 nitrogen and oxygen atoms in total. The van der Waals surface area contributed by atoms with E-state index < -0.39 is 10.9 Å². The fraction of sp³-hybridized carbons (Fsp3) is 0.250. The number of benzene rings is 2. The Morgan fingerprint density at radius 2 is 1.69 bits per heavy atom. The number of non-ortho nitro benzene ring substituents is 1. The first-order valence-corrected chi connectivity index (χ1v) is 11.0. The van der Waals surface area contributed by atoms with Crippen LogP contribution in [0, 0.1) is 10.1 Å². The molecule has 11 heteroatoms. The zero-order chi connectivity index (χ0) is 24.9. The normalized spacial score (nSPS) is 12.5. The quantitative estimate of drug-likeness (QED) is 0.142. The number of rotatable bonds is 10. The first kappa shape index (κ1) is 23.6. The molecule has 2 heterocycles. The SMILES string of the molecule is CCOC(=O)c1nn(-c2ccc([N+](=O)[O-])cc2)cc1OCCCCN1C(=O)c2ccccc2C1=O. The Labute approximate surface area is 200 Å². The molecule has 2 aromatic carbocycles. The minimum absolute atomic E-state index is 0.0226. The van der Waals surface area contributed by atoms with Crippen molar-refractivity contribution in [2.75, 3.05) is 19.8 Å². The summed E-state index contributed by atoms with van der Waals surface area (Å²) >= 11 is 0. The van der Waals surface area contributed by atoms with Gasteiger partial charge in [-0.2, -0.15) is 5.10 Å². The molecule has 3 aromatic rings. The van der Waals surface area contributed by atoms with E-state index in [0.717, 1.165) is 0 Å². The number of fused-ring (bicyclic) bond motifs is 1. The lowest BCUT2D eigenvalue weighted by Crippen LogP contribution is -2.30. The molecular formula is C24H22N4O7. The summed E-state index contributed by atoms with van der Waals surface area (Å²) < 4.78 is 12.2. The minimum Gasteiger partial charge on any atom is -0.489 e. The third-order valence-corrected chi connectivity index (χ3v) is 5.39. The van der Waals surface area contributed by atoms with Crippen LogP contribution in [0.3, 0.4) is 0 Å². The molecule has 0 atom stereocenters. The van der Waals surface area contributed by atoms with Gasteiger partial charge >= 0.3 is 5.97 Å². The first-order chi connectivity index (χ1) is 16.9. The largest absolute Gasteiger partial charge is 0.489 e. The Morgan fingerprint density at radius 3 is 2.29 bits per heavy atom. The third kappa shape index (κ3) is 4.88.